The molecule has 0 aliphatic rings. The molecule has 0 radical (unpaired) electrons. The van der Waals surface area contributed by atoms with Crippen molar-refractivity contribution in [2.75, 3.05) is 13.7 Å². The summed E-state index contributed by atoms with van der Waals surface area (Å²) >= 11 is 7.72. The van der Waals surface area contributed by atoms with E-state index in [2.05, 4.69) is 15.5 Å². The molecule has 8 heteroatoms. The molecular weight excluding hydrogens is 422 g/mol. The Kier molecular flexibility index (Phi) is 6.11. The predicted octanol–water partition coefficient (Wildman–Crippen LogP) is 5.10. The van der Waals surface area contributed by atoms with Crippen LogP contribution in [0.3, 0.4) is 0 Å². The van der Waals surface area contributed by atoms with Crippen molar-refractivity contribution in [2.24, 2.45) is 0 Å². The van der Waals surface area contributed by atoms with Gasteiger partial charge in [-0.15, -0.1) is 11.3 Å². The molecule has 0 spiro atoms. The lowest BCUT2D eigenvalue weighted by Crippen LogP contribution is -2.25. The van der Waals surface area contributed by atoms with E-state index >= 15 is 0 Å². The summed E-state index contributed by atoms with van der Waals surface area (Å²) < 4.78 is 10.4. The van der Waals surface area contributed by atoms with Crippen LogP contribution in [0.2, 0.25) is 5.02 Å². The highest BCUT2D eigenvalue weighted by Crippen LogP contribution is 2.28. The Morgan fingerprint density at radius 3 is 2.77 bits per heavy atom. The number of halogens is 1. The van der Waals surface area contributed by atoms with Crippen LogP contribution in [0.25, 0.3) is 22.6 Å². The third kappa shape index (κ3) is 4.53. The van der Waals surface area contributed by atoms with Gasteiger partial charge in [-0.2, -0.15) is 0 Å². The molecule has 0 bridgehead atoms. The summed E-state index contributed by atoms with van der Waals surface area (Å²) in [6.07, 6.45) is 0.627. The minimum atomic E-state index is -0.302. The monoisotopic (exact) mass is 439 g/mol. The van der Waals surface area contributed by atoms with Crippen molar-refractivity contribution in [1.29, 1.82) is 0 Å². The molecule has 2 aromatic carbocycles. The summed E-state index contributed by atoms with van der Waals surface area (Å²) in [6, 6.07) is 16.6. The van der Waals surface area contributed by atoms with Crippen molar-refractivity contribution in [3.8, 4) is 28.3 Å². The van der Waals surface area contributed by atoms with Gasteiger partial charge in [0, 0.05) is 35.5 Å². The third-order valence-electron chi connectivity index (χ3n) is 4.44. The van der Waals surface area contributed by atoms with Gasteiger partial charge in [0.25, 0.3) is 5.91 Å². The predicted molar refractivity (Wildman–Crippen MR) is 117 cm³/mol. The number of carbonyl (C=O) groups excluding carboxylic acids is 1. The van der Waals surface area contributed by atoms with E-state index in [1.54, 1.807) is 30.6 Å². The minimum Gasteiger partial charge on any atom is -0.497 e. The fourth-order valence-corrected chi connectivity index (χ4v) is 3.90. The first-order chi connectivity index (χ1) is 14.6. The van der Waals surface area contributed by atoms with Crippen LogP contribution in [-0.2, 0) is 6.42 Å². The average molecular weight is 440 g/mol. The zero-order valence-electron chi connectivity index (χ0n) is 16.1. The number of rotatable bonds is 7. The van der Waals surface area contributed by atoms with Gasteiger partial charge in [-0.3, -0.25) is 4.79 Å². The smallest absolute Gasteiger partial charge is 0.273 e. The number of thiazole rings is 1. The Morgan fingerprint density at radius 2 is 2.00 bits per heavy atom. The normalized spacial score (nSPS) is 10.7. The number of hydrogen-bond acceptors (Lipinski definition) is 6. The van der Waals surface area contributed by atoms with E-state index < -0.39 is 0 Å². The molecule has 0 aliphatic heterocycles. The van der Waals surface area contributed by atoms with Crippen LogP contribution in [0.1, 0.15) is 15.5 Å². The molecule has 1 amide bonds. The van der Waals surface area contributed by atoms with Crippen molar-refractivity contribution < 1.29 is 14.1 Å². The van der Waals surface area contributed by atoms with Crippen LogP contribution in [0.5, 0.6) is 5.75 Å². The zero-order valence-corrected chi connectivity index (χ0v) is 17.7. The average Bonchev–Trinajstić information content (AvgIpc) is 3.44. The molecule has 2 heterocycles. The molecule has 152 valence electrons. The number of carbonyl (C=O) groups is 1. The number of nitrogens with zero attached hydrogens (tertiary/aromatic N) is 2. The van der Waals surface area contributed by atoms with Crippen molar-refractivity contribution in [3.63, 3.8) is 0 Å². The Balaban J connectivity index is 1.33. The molecule has 6 nitrogen and oxygen atoms in total. The molecule has 30 heavy (non-hydrogen) atoms. The van der Waals surface area contributed by atoms with E-state index in [0.29, 0.717) is 29.3 Å². The lowest BCUT2D eigenvalue weighted by molar-refractivity contribution is 0.0945. The van der Waals surface area contributed by atoms with Crippen molar-refractivity contribution in [2.45, 2.75) is 6.42 Å². The van der Waals surface area contributed by atoms with Gasteiger partial charge in [0.1, 0.15) is 5.75 Å². The van der Waals surface area contributed by atoms with Gasteiger partial charge < -0.3 is 14.6 Å². The molecule has 0 unspecified atom stereocenters. The topological polar surface area (TPSA) is 77.2 Å². The molecular formula is C22H18ClN3O3S. The van der Waals surface area contributed by atoms with Crippen LogP contribution in [0.15, 0.2) is 64.5 Å². The molecule has 0 saturated carbocycles. The summed E-state index contributed by atoms with van der Waals surface area (Å²) in [5, 5.41) is 10.2. The quantitative estimate of drug-likeness (QED) is 0.433. The van der Waals surface area contributed by atoms with Crippen molar-refractivity contribution >= 4 is 28.8 Å². The number of amides is 1. The lowest BCUT2D eigenvalue weighted by atomic mass is 10.1. The molecule has 0 saturated heterocycles. The fraction of sp³-hybridized carbons (Fsp3) is 0.136. The Bertz CT molecular complexity index is 1150. The highest BCUT2D eigenvalue weighted by Gasteiger charge is 2.15. The fourth-order valence-electron chi connectivity index (χ4n) is 2.86. The summed E-state index contributed by atoms with van der Waals surface area (Å²) in [4.78, 5) is 17.0. The second kappa shape index (κ2) is 9.11. The van der Waals surface area contributed by atoms with E-state index in [0.717, 1.165) is 22.0 Å². The number of methoxy groups -OCH3 is 1. The third-order valence-corrected chi connectivity index (χ3v) is 5.68. The van der Waals surface area contributed by atoms with E-state index in [4.69, 9.17) is 20.9 Å². The maximum absolute atomic E-state index is 12.4. The van der Waals surface area contributed by atoms with Crippen molar-refractivity contribution in [3.05, 3.63) is 75.7 Å². The van der Waals surface area contributed by atoms with Crippen LogP contribution < -0.4 is 10.1 Å². The SMILES string of the molecule is COc1ccc(-c2csc(CCNC(=O)c3cc(-c4ccccc4Cl)on3)n2)cc1. The minimum absolute atomic E-state index is 0.211. The van der Waals surface area contributed by atoms with Gasteiger partial charge in [-0.1, -0.05) is 28.9 Å². The number of hydrogen-bond donors (Lipinski definition) is 1. The molecule has 2 aromatic heterocycles. The molecule has 0 aliphatic carbocycles. The van der Waals surface area contributed by atoms with Gasteiger partial charge in [-0.05, 0) is 36.4 Å². The first kappa shape index (κ1) is 20.1. The summed E-state index contributed by atoms with van der Waals surface area (Å²) in [5.41, 5.74) is 2.84. The van der Waals surface area contributed by atoms with Gasteiger partial charge in [-0.25, -0.2) is 4.98 Å². The maximum atomic E-state index is 12.4. The van der Waals surface area contributed by atoms with Gasteiger partial charge in [0.2, 0.25) is 0 Å². The molecule has 0 atom stereocenters. The number of aromatic nitrogens is 2. The zero-order chi connectivity index (χ0) is 20.9. The Hall–Kier alpha value is -3.16. The lowest BCUT2D eigenvalue weighted by Gasteiger charge is -2.01. The summed E-state index contributed by atoms with van der Waals surface area (Å²) in [5.74, 6) is 0.959. The number of nitrogens with one attached hydrogen (secondary N) is 1. The van der Waals surface area contributed by atoms with Gasteiger partial charge >= 0.3 is 0 Å². The van der Waals surface area contributed by atoms with Crippen LogP contribution >= 0.6 is 22.9 Å². The molecule has 4 rings (SSSR count). The van der Waals surface area contributed by atoms with Crippen LogP contribution in [-0.4, -0.2) is 29.7 Å². The highest BCUT2D eigenvalue weighted by molar-refractivity contribution is 7.09. The largest absolute Gasteiger partial charge is 0.497 e. The van der Waals surface area contributed by atoms with Gasteiger partial charge in [0.05, 0.1) is 22.8 Å². The maximum Gasteiger partial charge on any atom is 0.273 e. The number of ether oxygens (including phenoxy) is 1. The first-order valence-corrected chi connectivity index (χ1v) is 10.5. The van der Waals surface area contributed by atoms with Gasteiger partial charge in [0.15, 0.2) is 11.5 Å². The molecule has 0 fully saturated rings. The summed E-state index contributed by atoms with van der Waals surface area (Å²) in [6.45, 7) is 0.447. The van der Waals surface area contributed by atoms with E-state index in [1.807, 2.05) is 47.8 Å². The second-order valence-corrected chi connectivity index (χ2v) is 7.77. The summed E-state index contributed by atoms with van der Waals surface area (Å²) in [7, 11) is 1.64. The highest BCUT2D eigenvalue weighted by atomic mass is 35.5. The first-order valence-electron chi connectivity index (χ1n) is 9.22. The van der Waals surface area contributed by atoms with E-state index in [1.165, 1.54) is 0 Å². The van der Waals surface area contributed by atoms with Crippen molar-refractivity contribution in [1.82, 2.24) is 15.5 Å². The number of benzene rings is 2. The Morgan fingerprint density at radius 1 is 1.20 bits per heavy atom. The van der Waals surface area contributed by atoms with Crippen LogP contribution in [0, 0.1) is 0 Å². The molecule has 4 aromatic rings. The van der Waals surface area contributed by atoms with E-state index in [-0.39, 0.29) is 11.6 Å². The van der Waals surface area contributed by atoms with E-state index in [9.17, 15) is 4.79 Å². The standard InChI is InChI=1S/C22H18ClN3O3S/c1-28-15-8-6-14(7-9-15)19-13-30-21(25-19)10-11-24-22(27)18-12-20(29-26-18)16-4-2-3-5-17(16)23/h2-9,12-13H,10-11H2,1H3,(H,24,27). The molecule has 1 N–H and O–H groups in total. The second-order valence-electron chi connectivity index (χ2n) is 6.42. The van der Waals surface area contributed by atoms with Crippen LogP contribution in [0.4, 0.5) is 0 Å². The Labute approximate surface area is 182 Å².